The summed E-state index contributed by atoms with van der Waals surface area (Å²) < 4.78 is 5.71. The molecule has 17 heavy (non-hydrogen) atoms. The molecule has 0 radical (unpaired) electrons. The Labute approximate surface area is 108 Å². The minimum atomic E-state index is -0.0564. The number of ether oxygens (including phenoxy) is 1. The summed E-state index contributed by atoms with van der Waals surface area (Å²) in [4.78, 5) is 6.22. The highest BCUT2D eigenvalue weighted by Crippen LogP contribution is 2.46. The lowest BCUT2D eigenvalue weighted by Gasteiger charge is -2.38. The van der Waals surface area contributed by atoms with Crippen molar-refractivity contribution in [3.63, 3.8) is 0 Å². The largest absolute Gasteiger partial charge is 0.371 e. The molecule has 0 aliphatic heterocycles. The maximum Gasteiger partial charge on any atom is 0.125 e. The van der Waals surface area contributed by atoms with Gasteiger partial charge in [-0.25, -0.2) is 4.98 Å². The van der Waals surface area contributed by atoms with Gasteiger partial charge in [-0.15, -0.1) is 11.3 Å². The fourth-order valence-electron chi connectivity index (χ4n) is 2.31. The third-order valence-corrected chi connectivity index (χ3v) is 4.83. The van der Waals surface area contributed by atoms with Gasteiger partial charge in [0, 0.05) is 18.5 Å². The van der Waals surface area contributed by atoms with E-state index in [0.717, 1.165) is 32.2 Å². The number of methoxy groups -OCH3 is 1. The summed E-state index contributed by atoms with van der Waals surface area (Å²) in [5.74, 6) is 0. The van der Waals surface area contributed by atoms with Gasteiger partial charge in [0.15, 0.2) is 0 Å². The molecule has 0 amide bonds. The van der Waals surface area contributed by atoms with E-state index in [-0.39, 0.29) is 5.60 Å². The van der Waals surface area contributed by atoms with Crippen LogP contribution in [0.4, 0.5) is 0 Å². The molecule has 0 atom stereocenters. The zero-order chi connectivity index (χ0) is 12.3. The molecule has 1 aliphatic carbocycles. The van der Waals surface area contributed by atoms with E-state index < -0.39 is 0 Å². The first-order chi connectivity index (χ1) is 8.25. The molecule has 0 saturated heterocycles. The standard InChI is InChI=1S/C13H22N2OS/c1-4-6-10-11(9-14-2)17-12(15-10)13(16-3)7-5-8-13/h14H,4-9H2,1-3H3. The Morgan fingerprint density at radius 3 is 2.71 bits per heavy atom. The fourth-order valence-corrected chi connectivity index (χ4v) is 3.66. The van der Waals surface area contributed by atoms with Crippen LogP contribution in [0.15, 0.2) is 0 Å². The summed E-state index contributed by atoms with van der Waals surface area (Å²) in [5, 5.41) is 4.43. The second-order valence-corrected chi connectivity index (χ2v) is 5.80. The predicted molar refractivity (Wildman–Crippen MR) is 71.4 cm³/mol. The van der Waals surface area contributed by atoms with Crippen molar-refractivity contribution in [3.8, 4) is 0 Å². The Kier molecular flexibility index (Phi) is 4.17. The molecule has 1 fully saturated rings. The van der Waals surface area contributed by atoms with Crippen molar-refractivity contribution < 1.29 is 4.74 Å². The number of aryl methyl sites for hydroxylation is 1. The van der Waals surface area contributed by atoms with Crippen LogP contribution in [0.5, 0.6) is 0 Å². The summed E-state index contributed by atoms with van der Waals surface area (Å²) in [7, 11) is 3.81. The van der Waals surface area contributed by atoms with Gasteiger partial charge >= 0.3 is 0 Å². The quantitative estimate of drug-likeness (QED) is 0.847. The van der Waals surface area contributed by atoms with Gasteiger partial charge in [-0.05, 0) is 32.7 Å². The molecule has 0 unspecified atom stereocenters. The predicted octanol–water partition coefficient (Wildman–Crippen LogP) is 2.84. The van der Waals surface area contributed by atoms with Crippen LogP contribution in [-0.4, -0.2) is 19.1 Å². The number of nitrogens with one attached hydrogen (secondary N) is 1. The van der Waals surface area contributed by atoms with E-state index in [0.29, 0.717) is 0 Å². The highest BCUT2D eigenvalue weighted by Gasteiger charge is 2.42. The Morgan fingerprint density at radius 1 is 1.47 bits per heavy atom. The molecular formula is C13H22N2OS. The highest BCUT2D eigenvalue weighted by atomic mass is 32.1. The monoisotopic (exact) mass is 254 g/mol. The Morgan fingerprint density at radius 2 is 2.24 bits per heavy atom. The zero-order valence-corrected chi connectivity index (χ0v) is 11.8. The van der Waals surface area contributed by atoms with E-state index in [1.165, 1.54) is 22.0 Å². The lowest BCUT2D eigenvalue weighted by Crippen LogP contribution is -2.35. The Hall–Kier alpha value is -0.450. The van der Waals surface area contributed by atoms with E-state index in [1.54, 1.807) is 0 Å². The summed E-state index contributed by atoms with van der Waals surface area (Å²) in [6.45, 7) is 3.13. The van der Waals surface area contributed by atoms with Crippen LogP contribution >= 0.6 is 11.3 Å². The number of aromatic nitrogens is 1. The van der Waals surface area contributed by atoms with Crippen LogP contribution in [0.2, 0.25) is 0 Å². The van der Waals surface area contributed by atoms with Gasteiger partial charge in [0.2, 0.25) is 0 Å². The van der Waals surface area contributed by atoms with Gasteiger partial charge in [-0.1, -0.05) is 13.3 Å². The van der Waals surface area contributed by atoms with Crippen LogP contribution < -0.4 is 5.32 Å². The summed E-state index contributed by atoms with van der Waals surface area (Å²) in [6.07, 6.45) is 5.74. The number of thiazole rings is 1. The lowest BCUT2D eigenvalue weighted by atomic mass is 9.80. The average molecular weight is 254 g/mol. The lowest BCUT2D eigenvalue weighted by molar-refractivity contribution is -0.0780. The van der Waals surface area contributed by atoms with Gasteiger partial charge in [-0.3, -0.25) is 0 Å². The maximum absolute atomic E-state index is 5.71. The molecule has 0 bridgehead atoms. The van der Waals surface area contributed by atoms with Crippen molar-refractivity contribution in [2.24, 2.45) is 0 Å². The molecule has 96 valence electrons. The van der Waals surface area contributed by atoms with Crippen molar-refractivity contribution in [3.05, 3.63) is 15.6 Å². The van der Waals surface area contributed by atoms with Crippen LogP contribution in [-0.2, 0) is 23.3 Å². The molecule has 1 aromatic rings. The zero-order valence-electron chi connectivity index (χ0n) is 11.0. The van der Waals surface area contributed by atoms with Gasteiger partial charge in [0.05, 0.1) is 5.69 Å². The van der Waals surface area contributed by atoms with E-state index >= 15 is 0 Å². The SMILES string of the molecule is CCCc1nc(C2(OC)CCC2)sc1CNC. The molecule has 0 aromatic carbocycles. The number of rotatable bonds is 6. The first-order valence-electron chi connectivity index (χ1n) is 6.44. The van der Waals surface area contributed by atoms with Crippen molar-refractivity contribution in [2.45, 2.75) is 51.2 Å². The van der Waals surface area contributed by atoms with E-state index in [1.807, 2.05) is 25.5 Å². The Balaban J connectivity index is 2.25. The molecule has 2 rings (SSSR count). The molecule has 4 heteroatoms. The van der Waals surface area contributed by atoms with E-state index in [2.05, 4.69) is 12.2 Å². The molecule has 1 saturated carbocycles. The number of nitrogens with zero attached hydrogens (tertiary/aromatic N) is 1. The summed E-state index contributed by atoms with van der Waals surface area (Å²) >= 11 is 1.83. The van der Waals surface area contributed by atoms with E-state index in [9.17, 15) is 0 Å². The number of hydrogen-bond acceptors (Lipinski definition) is 4. The molecule has 1 aromatic heterocycles. The normalized spacial score (nSPS) is 18.1. The van der Waals surface area contributed by atoms with Crippen molar-refractivity contribution in [2.75, 3.05) is 14.2 Å². The first kappa shape index (κ1) is 13.0. The van der Waals surface area contributed by atoms with Gasteiger partial charge in [0.25, 0.3) is 0 Å². The molecule has 1 N–H and O–H groups in total. The van der Waals surface area contributed by atoms with Gasteiger partial charge < -0.3 is 10.1 Å². The fraction of sp³-hybridized carbons (Fsp3) is 0.769. The van der Waals surface area contributed by atoms with E-state index in [4.69, 9.17) is 9.72 Å². The molecule has 1 heterocycles. The highest BCUT2D eigenvalue weighted by molar-refractivity contribution is 7.11. The smallest absolute Gasteiger partial charge is 0.125 e. The van der Waals surface area contributed by atoms with Crippen LogP contribution in [0.1, 0.15) is 48.2 Å². The molecular weight excluding hydrogens is 232 g/mol. The summed E-state index contributed by atoms with van der Waals surface area (Å²) in [5.41, 5.74) is 1.21. The maximum atomic E-state index is 5.71. The Bertz CT molecular complexity index is 342. The topological polar surface area (TPSA) is 34.1 Å². The van der Waals surface area contributed by atoms with Crippen molar-refractivity contribution >= 4 is 11.3 Å². The summed E-state index contributed by atoms with van der Waals surface area (Å²) in [6, 6.07) is 0. The second-order valence-electron chi connectivity index (χ2n) is 4.72. The van der Waals surface area contributed by atoms with Crippen molar-refractivity contribution in [1.29, 1.82) is 0 Å². The second kappa shape index (κ2) is 5.46. The third-order valence-electron chi connectivity index (χ3n) is 3.54. The minimum absolute atomic E-state index is 0.0564. The van der Waals surface area contributed by atoms with Gasteiger partial charge in [-0.2, -0.15) is 0 Å². The number of hydrogen-bond donors (Lipinski definition) is 1. The third kappa shape index (κ3) is 2.39. The minimum Gasteiger partial charge on any atom is -0.371 e. The molecule has 0 spiro atoms. The van der Waals surface area contributed by atoms with Crippen LogP contribution in [0.3, 0.4) is 0 Å². The van der Waals surface area contributed by atoms with Crippen LogP contribution in [0.25, 0.3) is 0 Å². The van der Waals surface area contributed by atoms with Crippen molar-refractivity contribution in [1.82, 2.24) is 10.3 Å². The molecule has 3 nitrogen and oxygen atoms in total. The van der Waals surface area contributed by atoms with Gasteiger partial charge in [0.1, 0.15) is 10.6 Å². The molecule has 1 aliphatic rings. The van der Waals surface area contributed by atoms with Crippen LogP contribution in [0, 0.1) is 0 Å². The first-order valence-corrected chi connectivity index (χ1v) is 7.26. The average Bonchev–Trinajstić information content (AvgIpc) is 2.63.